The van der Waals surface area contributed by atoms with Gasteiger partial charge in [-0.2, -0.15) is 5.10 Å². The molecule has 3 aromatic rings. The van der Waals surface area contributed by atoms with Gasteiger partial charge in [-0.3, -0.25) is 9.78 Å². The normalized spacial score (nSPS) is 17.8. The number of carbonyl (C=O) groups excluding carboxylic acids is 1. The molecule has 1 amide bonds. The predicted octanol–water partition coefficient (Wildman–Crippen LogP) is 3.95. The van der Waals surface area contributed by atoms with E-state index in [4.69, 9.17) is 0 Å². The second kappa shape index (κ2) is 7.23. The number of benzene rings is 1. The summed E-state index contributed by atoms with van der Waals surface area (Å²) < 4.78 is 2.02. The van der Waals surface area contributed by atoms with Gasteiger partial charge >= 0.3 is 0 Å². The Balaban J connectivity index is 1.60. The van der Waals surface area contributed by atoms with Crippen LogP contribution in [0.15, 0.2) is 55.0 Å². The van der Waals surface area contributed by atoms with Crippen LogP contribution in [0.1, 0.15) is 48.7 Å². The first-order valence-electron chi connectivity index (χ1n) is 9.73. The molecule has 0 bridgehead atoms. The largest absolute Gasteiger partial charge is 0.349 e. The lowest BCUT2D eigenvalue weighted by molar-refractivity contribution is -0.121. The van der Waals surface area contributed by atoms with Crippen molar-refractivity contribution in [1.29, 1.82) is 0 Å². The zero-order valence-electron chi connectivity index (χ0n) is 16.6. The van der Waals surface area contributed by atoms with Gasteiger partial charge in [-0.1, -0.05) is 37.6 Å². The van der Waals surface area contributed by atoms with Crippen molar-refractivity contribution < 1.29 is 4.79 Å². The molecule has 0 saturated heterocycles. The molecule has 1 N–H and O–H groups in total. The molecular weight excluding hydrogens is 348 g/mol. The Kier molecular flexibility index (Phi) is 4.75. The van der Waals surface area contributed by atoms with Crippen molar-refractivity contribution in [1.82, 2.24) is 20.1 Å². The van der Waals surface area contributed by atoms with E-state index in [1.54, 1.807) is 12.4 Å². The molecule has 1 atom stereocenters. The van der Waals surface area contributed by atoms with Gasteiger partial charge in [0.05, 0.1) is 30.0 Å². The maximum atomic E-state index is 12.6. The molecule has 2 heterocycles. The minimum atomic E-state index is -0.0258. The predicted molar refractivity (Wildman–Crippen MR) is 109 cm³/mol. The van der Waals surface area contributed by atoms with Gasteiger partial charge in [-0.05, 0) is 48.9 Å². The smallest absolute Gasteiger partial charge is 0.224 e. The third-order valence-corrected chi connectivity index (χ3v) is 5.38. The van der Waals surface area contributed by atoms with Crippen molar-refractivity contribution in [3.63, 3.8) is 0 Å². The topological polar surface area (TPSA) is 59.8 Å². The van der Waals surface area contributed by atoms with E-state index < -0.39 is 0 Å². The molecule has 1 aliphatic rings. The van der Waals surface area contributed by atoms with Gasteiger partial charge in [0.15, 0.2) is 0 Å². The molecule has 144 valence electrons. The molecule has 0 radical (unpaired) electrons. The number of pyridine rings is 1. The lowest BCUT2D eigenvalue weighted by Crippen LogP contribution is -2.37. The summed E-state index contributed by atoms with van der Waals surface area (Å²) in [4.78, 5) is 16.7. The minimum absolute atomic E-state index is 0.0183. The number of aryl methyl sites for hydroxylation is 1. The fourth-order valence-corrected chi connectivity index (χ4v) is 4.01. The first-order valence-corrected chi connectivity index (χ1v) is 9.73. The lowest BCUT2D eigenvalue weighted by Gasteiger charge is -2.36. The molecule has 4 rings (SSSR count). The van der Waals surface area contributed by atoms with Crippen molar-refractivity contribution in [2.24, 2.45) is 5.41 Å². The number of hydrogen-bond donors (Lipinski definition) is 1. The Labute approximate surface area is 165 Å². The van der Waals surface area contributed by atoms with E-state index in [0.717, 1.165) is 29.7 Å². The van der Waals surface area contributed by atoms with Gasteiger partial charge in [-0.25, -0.2) is 4.68 Å². The minimum Gasteiger partial charge on any atom is -0.349 e. The van der Waals surface area contributed by atoms with Crippen LogP contribution in [0.3, 0.4) is 0 Å². The molecule has 0 saturated carbocycles. The van der Waals surface area contributed by atoms with Crippen LogP contribution in [0.25, 0.3) is 5.69 Å². The maximum absolute atomic E-state index is 12.6. The zero-order chi connectivity index (χ0) is 19.7. The molecule has 28 heavy (non-hydrogen) atoms. The van der Waals surface area contributed by atoms with Gasteiger partial charge in [0, 0.05) is 18.0 Å². The summed E-state index contributed by atoms with van der Waals surface area (Å²) in [5.41, 5.74) is 5.61. The van der Waals surface area contributed by atoms with Crippen LogP contribution in [0.4, 0.5) is 0 Å². The summed E-state index contributed by atoms with van der Waals surface area (Å²) in [6, 6.07) is 12.2. The van der Waals surface area contributed by atoms with E-state index in [1.807, 2.05) is 23.0 Å². The highest BCUT2D eigenvalue weighted by Gasteiger charge is 2.36. The molecule has 0 spiro atoms. The van der Waals surface area contributed by atoms with Crippen LogP contribution in [0.5, 0.6) is 0 Å². The highest BCUT2D eigenvalue weighted by Crippen LogP contribution is 2.41. The fourth-order valence-electron chi connectivity index (χ4n) is 4.01. The average molecular weight is 374 g/mol. The first-order chi connectivity index (χ1) is 13.4. The van der Waals surface area contributed by atoms with Crippen LogP contribution in [-0.2, 0) is 17.6 Å². The summed E-state index contributed by atoms with van der Waals surface area (Å²) in [5.74, 6) is 0.0183. The van der Waals surface area contributed by atoms with Crippen molar-refractivity contribution >= 4 is 5.91 Å². The number of rotatable bonds is 4. The van der Waals surface area contributed by atoms with Gasteiger partial charge in [0.1, 0.15) is 0 Å². The molecule has 1 aromatic carbocycles. The molecule has 2 aromatic heterocycles. The number of nitrogens with one attached hydrogen (secondary N) is 1. The SMILES string of the molecule is Cc1ccc(-n2ncc3c2CC(C)(C)C[C@H]3NC(=O)Cc2cccnc2)cc1. The number of aromatic nitrogens is 3. The lowest BCUT2D eigenvalue weighted by atomic mass is 9.74. The summed E-state index contributed by atoms with van der Waals surface area (Å²) in [7, 11) is 0. The van der Waals surface area contributed by atoms with E-state index in [2.05, 4.69) is 60.4 Å². The van der Waals surface area contributed by atoms with Crippen LogP contribution in [0.2, 0.25) is 0 Å². The van der Waals surface area contributed by atoms with E-state index in [-0.39, 0.29) is 17.4 Å². The quantitative estimate of drug-likeness (QED) is 0.752. The number of hydrogen-bond acceptors (Lipinski definition) is 3. The van der Waals surface area contributed by atoms with Crippen molar-refractivity contribution in [3.8, 4) is 5.69 Å². The summed E-state index contributed by atoms with van der Waals surface area (Å²) in [5, 5.41) is 7.89. The molecule has 1 aliphatic carbocycles. The highest BCUT2D eigenvalue weighted by atomic mass is 16.1. The molecule has 0 unspecified atom stereocenters. The zero-order valence-corrected chi connectivity index (χ0v) is 16.6. The number of amides is 1. The van der Waals surface area contributed by atoms with E-state index in [0.29, 0.717) is 6.42 Å². The van der Waals surface area contributed by atoms with Crippen molar-refractivity contribution in [2.45, 2.75) is 46.1 Å². The van der Waals surface area contributed by atoms with Crippen LogP contribution in [-0.4, -0.2) is 20.7 Å². The Hall–Kier alpha value is -2.95. The third kappa shape index (κ3) is 3.84. The Bertz CT molecular complexity index is 974. The Morgan fingerprint density at radius 1 is 1.21 bits per heavy atom. The van der Waals surface area contributed by atoms with Gasteiger partial charge in [0.25, 0.3) is 0 Å². The third-order valence-electron chi connectivity index (χ3n) is 5.38. The average Bonchev–Trinajstić information content (AvgIpc) is 3.06. The maximum Gasteiger partial charge on any atom is 0.224 e. The van der Waals surface area contributed by atoms with Crippen LogP contribution < -0.4 is 5.32 Å². The monoisotopic (exact) mass is 374 g/mol. The van der Waals surface area contributed by atoms with Gasteiger partial charge in [0.2, 0.25) is 5.91 Å². The van der Waals surface area contributed by atoms with Gasteiger partial charge in [-0.15, -0.1) is 0 Å². The highest BCUT2D eigenvalue weighted by molar-refractivity contribution is 5.79. The summed E-state index contributed by atoms with van der Waals surface area (Å²) >= 11 is 0. The summed E-state index contributed by atoms with van der Waals surface area (Å²) in [6.07, 6.45) is 7.55. The molecule has 0 fully saturated rings. The van der Waals surface area contributed by atoms with Crippen LogP contribution >= 0.6 is 0 Å². The van der Waals surface area contributed by atoms with E-state index >= 15 is 0 Å². The molecular formula is C23H26N4O. The Morgan fingerprint density at radius 2 is 2.00 bits per heavy atom. The standard InChI is InChI=1S/C23H26N4O/c1-16-6-8-18(9-7-16)27-21-13-23(2,3)12-20(19(21)15-25-27)26-22(28)11-17-5-4-10-24-14-17/h4-10,14-15,20H,11-13H2,1-3H3,(H,26,28)/t20-/m1/s1. The van der Waals surface area contributed by atoms with Crippen molar-refractivity contribution in [3.05, 3.63) is 77.4 Å². The summed E-state index contributed by atoms with van der Waals surface area (Å²) in [6.45, 7) is 6.59. The van der Waals surface area contributed by atoms with Crippen molar-refractivity contribution in [2.75, 3.05) is 0 Å². The number of nitrogens with zero attached hydrogens (tertiary/aromatic N) is 3. The Morgan fingerprint density at radius 3 is 2.71 bits per heavy atom. The van der Waals surface area contributed by atoms with E-state index in [1.165, 1.54) is 11.3 Å². The van der Waals surface area contributed by atoms with Crippen LogP contribution in [0, 0.1) is 12.3 Å². The van der Waals surface area contributed by atoms with E-state index in [9.17, 15) is 4.79 Å². The number of fused-ring (bicyclic) bond motifs is 1. The molecule has 5 nitrogen and oxygen atoms in total. The second-order valence-corrected chi connectivity index (χ2v) is 8.50. The fraction of sp³-hybridized carbons (Fsp3) is 0.348. The first kappa shape index (κ1) is 18.4. The number of carbonyl (C=O) groups is 1. The second-order valence-electron chi connectivity index (χ2n) is 8.50. The van der Waals surface area contributed by atoms with Gasteiger partial charge < -0.3 is 5.32 Å². The molecule has 5 heteroatoms. The molecule has 0 aliphatic heterocycles.